The third kappa shape index (κ3) is 3.03. The molecule has 122 valence electrons. The van der Waals surface area contributed by atoms with Crippen LogP contribution in [-0.2, 0) is 4.79 Å². The van der Waals surface area contributed by atoms with Crippen LogP contribution in [0.2, 0.25) is 5.02 Å². The molecule has 3 aromatic rings. The molecule has 24 heavy (non-hydrogen) atoms. The average molecular weight is 342 g/mol. The molecule has 0 aliphatic heterocycles. The third-order valence-electron chi connectivity index (χ3n) is 3.84. The van der Waals surface area contributed by atoms with Gasteiger partial charge < -0.3 is 5.32 Å². The van der Waals surface area contributed by atoms with Gasteiger partial charge >= 0.3 is 0 Å². The van der Waals surface area contributed by atoms with Crippen molar-refractivity contribution in [2.24, 2.45) is 0 Å². The minimum Gasteiger partial charge on any atom is -0.324 e. The second kappa shape index (κ2) is 6.45. The lowest BCUT2D eigenvalue weighted by atomic mass is 10.2. The van der Waals surface area contributed by atoms with Crippen LogP contribution in [0.15, 0.2) is 53.3 Å². The van der Waals surface area contributed by atoms with Gasteiger partial charge in [0.15, 0.2) is 0 Å². The maximum absolute atomic E-state index is 12.6. The van der Waals surface area contributed by atoms with Crippen molar-refractivity contribution in [3.63, 3.8) is 0 Å². The largest absolute Gasteiger partial charge is 0.324 e. The number of rotatable bonds is 3. The van der Waals surface area contributed by atoms with E-state index < -0.39 is 6.04 Å². The van der Waals surface area contributed by atoms with Gasteiger partial charge in [-0.2, -0.15) is 0 Å². The molecular weight excluding hydrogens is 326 g/mol. The number of aryl methyl sites for hydroxylation is 1. The van der Waals surface area contributed by atoms with Crippen LogP contribution in [0.25, 0.3) is 11.0 Å². The Kier molecular flexibility index (Phi) is 4.36. The van der Waals surface area contributed by atoms with Crippen molar-refractivity contribution in [2.75, 3.05) is 5.32 Å². The quantitative estimate of drug-likeness (QED) is 0.792. The normalized spacial score (nSPS) is 12.1. The average Bonchev–Trinajstić information content (AvgIpc) is 2.57. The Morgan fingerprint density at radius 2 is 1.83 bits per heavy atom. The molecule has 0 unspecified atom stereocenters. The van der Waals surface area contributed by atoms with Gasteiger partial charge in [0.05, 0.1) is 11.0 Å². The van der Waals surface area contributed by atoms with E-state index in [1.54, 1.807) is 44.2 Å². The predicted octanol–water partition coefficient (Wildman–Crippen LogP) is 3.56. The summed E-state index contributed by atoms with van der Waals surface area (Å²) in [6, 6.07) is 13.4. The van der Waals surface area contributed by atoms with E-state index in [-0.39, 0.29) is 11.5 Å². The maximum atomic E-state index is 12.6. The van der Waals surface area contributed by atoms with Gasteiger partial charge in [0.1, 0.15) is 11.7 Å². The lowest BCUT2D eigenvalue weighted by molar-refractivity contribution is -0.118. The molecule has 0 fully saturated rings. The van der Waals surface area contributed by atoms with Gasteiger partial charge in [-0.05, 0) is 50.2 Å². The van der Waals surface area contributed by atoms with E-state index in [1.807, 2.05) is 18.2 Å². The van der Waals surface area contributed by atoms with Crippen LogP contribution in [0.4, 0.5) is 5.69 Å². The standard InChI is InChI=1S/C18H16ClN3O2/c1-11-18(24)22(16-6-4-3-5-15(16)20-11)12(2)17(23)21-14-9-7-13(19)8-10-14/h3-10,12H,1-2H3,(H,21,23)/t12-/m1/s1. The first kappa shape index (κ1) is 16.2. The first-order valence-electron chi connectivity index (χ1n) is 7.51. The number of carbonyl (C=O) groups excluding carboxylic acids is 1. The van der Waals surface area contributed by atoms with Crippen molar-refractivity contribution < 1.29 is 4.79 Å². The van der Waals surface area contributed by atoms with Crippen LogP contribution < -0.4 is 10.9 Å². The Hall–Kier alpha value is -2.66. The molecule has 2 aromatic carbocycles. The summed E-state index contributed by atoms with van der Waals surface area (Å²) in [6.07, 6.45) is 0. The minimum atomic E-state index is -0.681. The monoisotopic (exact) mass is 341 g/mol. The number of para-hydroxylation sites is 2. The van der Waals surface area contributed by atoms with Crippen molar-refractivity contribution in [3.05, 3.63) is 69.6 Å². The summed E-state index contributed by atoms with van der Waals surface area (Å²) < 4.78 is 1.48. The summed E-state index contributed by atoms with van der Waals surface area (Å²) in [4.78, 5) is 29.4. The molecule has 0 aliphatic rings. The summed E-state index contributed by atoms with van der Waals surface area (Å²) in [5, 5.41) is 3.39. The zero-order valence-corrected chi connectivity index (χ0v) is 14.0. The Morgan fingerprint density at radius 1 is 1.17 bits per heavy atom. The van der Waals surface area contributed by atoms with Gasteiger partial charge in [0, 0.05) is 10.7 Å². The molecular formula is C18H16ClN3O2. The van der Waals surface area contributed by atoms with Crippen LogP contribution >= 0.6 is 11.6 Å². The van der Waals surface area contributed by atoms with Gasteiger partial charge in [-0.3, -0.25) is 14.2 Å². The zero-order valence-electron chi connectivity index (χ0n) is 13.3. The summed E-state index contributed by atoms with van der Waals surface area (Å²) in [7, 11) is 0. The van der Waals surface area contributed by atoms with E-state index in [0.717, 1.165) is 0 Å². The van der Waals surface area contributed by atoms with Crippen molar-refractivity contribution in [3.8, 4) is 0 Å². The Morgan fingerprint density at radius 3 is 2.54 bits per heavy atom. The molecule has 0 spiro atoms. The molecule has 1 aromatic heterocycles. The van der Waals surface area contributed by atoms with E-state index in [0.29, 0.717) is 27.4 Å². The molecule has 1 amide bonds. The van der Waals surface area contributed by atoms with Gasteiger partial charge in [-0.15, -0.1) is 0 Å². The molecule has 1 atom stereocenters. The summed E-state index contributed by atoms with van der Waals surface area (Å²) in [6.45, 7) is 3.34. The Bertz CT molecular complexity index is 964. The molecule has 0 saturated carbocycles. The van der Waals surface area contributed by atoms with Gasteiger partial charge in [-0.1, -0.05) is 23.7 Å². The molecule has 5 nitrogen and oxygen atoms in total. The van der Waals surface area contributed by atoms with E-state index in [2.05, 4.69) is 10.3 Å². The lowest BCUT2D eigenvalue weighted by Crippen LogP contribution is -2.33. The maximum Gasteiger partial charge on any atom is 0.273 e. The number of carbonyl (C=O) groups is 1. The van der Waals surface area contributed by atoms with Crippen molar-refractivity contribution >= 4 is 34.2 Å². The Balaban J connectivity index is 2.00. The highest BCUT2D eigenvalue weighted by Gasteiger charge is 2.20. The first-order valence-corrected chi connectivity index (χ1v) is 7.89. The molecule has 0 radical (unpaired) electrons. The molecule has 6 heteroatoms. The van der Waals surface area contributed by atoms with E-state index in [4.69, 9.17) is 11.6 Å². The fraction of sp³-hybridized carbons (Fsp3) is 0.167. The van der Waals surface area contributed by atoms with Crippen LogP contribution in [0.1, 0.15) is 18.7 Å². The van der Waals surface area contributed by atoms with Crippen molar-refractivity contribution in [1.29, 1.82) is 0 Å². The van der Waals surface area contributed by atoms with Gasteiger partial charge in [0.25, 0.3) is 5.56 Å². The van der Waals surface area contributed by atoms with Crippen LogP contribution in [0.3, 0.4) is 0 Å². The number of fused-ring (bicyclic) bond motifs is 1. The fourth-order valence-electron chi connectivity index (χ4n) is 2.56. The number of hydrogen-bond donors (Lipinski definition) is 1. The van der Waals surface area contributed by atoms with Crippen molar-refractivity contribution in [2.45, 2.75) is 19.9 Å². The summed E-state index contributed by atoms with van der Waals surface area (Å²) >= 11 is 5.85. The number of nitrogens with zero attached hydrogens (tertiary/aromatic N) is 2. The van der Waals surface area contributed by atoms with Crippen molar-refractivity contribution in [1.82, 2.24) is 9.55 Å². The summed E-state index contributed by atoms with van der Waals surface area (Å²) in [5.41, 5.74) is 2.03. The molecule has 0 aliphatic carbocycles. The van der Waals surface area contributed by atoms with Crippen LogP contribution in [0, 0.1) is 6.92 Å². The number of nitrogens with one attached hydrogen (secondary N) is 1. The number of aromatic nitrogens is 2. The molecule has 1 N–H and O–H groups in total. The van der Waals surface area contributed by atoms with Crippen LogP contribution in [-0.4, -0.2) is 15.5 Å². The zero-order chi connectivity index (χ0) is 17.3. The second-order valence-corrected chi connectivity index (χ2v) is 5.97. The highest BCUT2D eigenvalue weighted by atomic mass is 35.5. The number of halogens is 1. The SMILES string of the molecule is Cc1nc2ccccc2n([C@H](C)C(=O)Nc2ccc(Cl)cc2)c1=O. The second-order valence-electron chi connectivity index (χ2n) is 5.53. The summed E-state index contributed by atoms with van der Waals surface area (Å²) in [5.74, 6) is -0.282. The molecule has 1 heterocycles. The minimum absolute atomic E-state index is 0.271. The van der Waals surface area contributed by atoms with Gasteiger partial charge in [0.2, 0.25) is 5.91 Å². The highest BCUT2D eigenvalue weighted by Crippen LogP contribution is 2.18. The third-order valence-corrected chi connectivity index (χ3v) is 4.09. The smallest absolute Gasteiger partial charge is 0.273 e. The Labute approximate surface area is 143 Å². The lowest BCUT2D eigenvalue weighted by Gasteiger charge is -2.18. The number of anilines is 1. The van der Waals surface area contributed by atoms with Crippen LogP contribution in [0.5, 0.6) is 0 Å². The molecule has 0 bridgehead atoms. The van der Waals surface area contributed by atoms with E-state index in [1.165, 1.54) is 4.57 Å². The topological polar surface area (TPSA) is 64.0 Å². The van der Waals surface area contributed by atoms with Gasteiger partial charge in [-0.25, -0.2) is 4.98 Å². The fourth-order valence-corrected chi connectivity index (χ4v) is 2.68. The number of benzene rings is 2. The highest BCUT2D eigenvalue weighted by molar-refractivity contribution is 6.30. The predicted molar refractivity (Wildman–Crippen MR) is 95.5 cm³/mol. The number of amides is 1. The first-order chi connectivity index (χ1) is 11.5. The van der Waals surface area contributed by atoms with E-state index >= 15 is 0 Å². The molecule has 3 rings (SSSR count). The molecule has 0 saturated heterocycles. The van der Waals surface area contributed by atoms with E-state index in [9.17, 15) is 9.59 Å². The number of hydrogen-bond acceptors (Lipinski definition) is 3.